The lowest BCUT2D eigenvalue weighted by Gasteiger charge is -2.13. The highest BCUT2D eigenvalue weighted by atomic mass is 35.5. The zero-order valence-corrected chi connectivity index (χ0v) is 18.1. The Labute approximate surface area is 186 Å². The van der Waals surface area contributed by atoms with Crippen molar-refractivity contribution in [2.24, 2.45) is 0 Å². The SMILES string of the molecule is Cc1nocc1-c1cc(Cl)ccc1Oc1ccc(S(=O)(=O)Nc2ncns2)cc1C#N. The molecule has 0 aliphatic rings. The first-order valence-corrected chi connectivity index (χ1v) is 11.2. The second kappa shape index (κ2) is 8.35. The number of nitriles is 1. The fourth-order valence-corrected chi connectivity index (χ4v) is 4.57. The van der Waals surface area contributed by atoms with Crippen LogP contribution in [0.3, 0.4) is 0 Å². The quantitative estimate of drug-likeness (QED) is 0.429. The van der Waals surface area contributed by atoms with Crippen LogP contribution in [0.15, 0.2) is 58.4 Å². The van der Waals surface area contributed by atoms with Gasteiger partial charge in [0.1, 0.15) is 30.2 Å². The number of aryl methyl sites for hydroxylation is 1. The van der Waals surface area contributed by atoms with E-state index in [0.717, 1.165) is 11.5 Å². The fourth-order valence-electron chi connectivity index (χ4n) is 2.72. The van der Waals surface area contributed by atoms with Crippen molar-refractivity contribution in [1.82, 2.24) is 14.5 Å². The van der Waals surface area contributed by atoms with Crippen LogP contribution < -0.4 is 9.46 Å². The molecule has 0 radical (unpaired) electrons. The van der Waals surface area contributed by atoms with Crippen molar-refractivity contribution in [1.29, 1.82) is 5.26 Å². The van der Waals surface area contributed by atoms with E-state index in [0.29, 0.717) is 27.6 Å². The molecule has 1 N–H and O–H groups in total. The predicted molar refractivity (Wildman–Crippen MR) is 114 cm³/mol. The first kappa shape index (κ1) is 20.8. The molecule has 0 bridgehead atoms. The molecule has 0 atom stereocenters. The smallest absolute Gasteiger partial charge is 0.263 e. The van der Waals surface area contributed by atoms with Crippen LogP contribution in [-0.2, 0) is 10.0 Å². The molecule has 0 spiro atoms. The summed E-state index contributed by atoms with van der Waals surface area (Å²) in [6.45, 7) is 1.77. The Kier molecular flexibility index (Phi) is 5.60. The summed E-state index contributed by atoms with van der Waals surface area (Å²) in [4.78, 5) is 3.68. The lowest BCUT2D eigenvalue weighted by atomic mass is 10.1. The molecule has 0 amide bonds. The minimum Gasteiger partial charge on any atom is -0.455 e. The highest BCUT2D eigenvalue weighted by molar-refractivity contribution is 7.93. The highest BCUT2D eigenvalue weighted by Gasteiger charge is 2.20. The van der Waals surface area contributed by atoms with Crippen LogP contribution in [0, 0.1) is 18.3 Å². The summed E-state index contributed by atoms with van der Waals surface area (Å²) in [5.74, 6) is 0.574. The lowest BCUT2D eigenvalue weighted by molar-refractivity contribution is 0.415. The van der Waals surface area contributed by atoms with Crippen LogP contribution in [-0.4, -0.2) is 22.9 Å². The summed E-state index contributed by atoms with van der Waals surface area (Å²) in [6, 6.07) is 10.9. The zero-order chi connectivity index (χ0) is 22.0. The number of benzene rings is 2. The van der Waals surface area contributed by atoms with E-state index in [9.17, 15) is 13.7 Å². The van der Waals surface area contributed by atoms with Crippen molar-refractivity contribution in [2.45, 2.75) is 11.8 Å². The number of sulfonamides is 1. The van der Waals surface area contributed by atoms with Gasteiger partial charge in [0.15, 0.2) is 0 Å². The predicted octanol–water partition coefficient (Wildman–Crippen LogP) is 4.62. The average molecular weight is 474 g/mol. The van der Waals surface area contributed by atoms with Gasteiger partial charge in [-0.2, -0.15) is 9.64 Å². The van der Waals surface area contributed by atoms with E-state index >= 15 is 0 Å². The minimum absolute atomic E-state index is 0.0306. The van der Waals surface area contributed by atoms with Crippen LogP contribution >= 0.6 is 23.1 Å². The topological polar surface area (TPSA) is 131 Å². The van der Waals surface area contributed by atoms with Gasteiger partial charge in [0.25, 0.3) is 10.0 Å². The van der Waals surface area contributed by atoms with Gasteiger partial charge in [0.2, 0.25) is 5.13 Å². The standard InChI is InChI=1S/C19H12ClN5O4S2/c1-11-16(9-28-24-11)15-7-13(20)2-4-18(15)29-17-5-3-14(6-12(17)8-21)31(26,27)25-19-22-10-23-30-19/h2-7,9-10H,1H3,(H,22,23,25). The maximum atomic E-state index is 12.6. The molecule has 156 valence electrons. The molecule has 0 aliphatic heterocycles. The number of rotatable bonds is 6. The molecule has 2 aromatic heterocycles. The van der Waals surface area contributed by atoms with Gasteiger partial charge in [-0.15, -0.1) is 0 Å². The number of ether oxygens (including phenoxy) is 1. The number of nitrogens with zero attached hydrogens (tertiary/aromatic N) is 4. The summed E-state index contributed by atoms with van der Waals surface area (Å²) in [5, 5.41) is 14.0. The van der Waals surface area contributed by atoms with Crippen LogP contribution in [0.4, 0.5) is 5.13 Å². The number of hydrogen-bond acceptors (Lipinski definition) is 9. The van der Waals surface area contributed by atoms with E-state index < -0.39 is 10.0 Å². The molecular formula is C19H12ClN5O4S2. The maximum Gasteiger partial charge on any atom is 0.263 e. The summed E-state index contributed by atoms with van der Waals surface area (Å²) < 4.78 is 42.1. The Bertz CT molecular complexity index is 1400. The second-order valence-corrected chi connectivity index (χ2v) is 9.08. The first-order chi connectivity index (χ1) is 14.9. The van der Waals surface area contributed by atoms with Gasteiger partial charge in [-0.25, -0.2) is 13.4 Å². The van der Waals surface area contributed by atoms with Gasteiger partial charge in [-0.05, 0) is 43.3 Å². The zero-order valence-electron chi connectivity index (χ0n) is 15.7. The Morgan fingerprint density at radius 1 is 1.19 bits per heavy atom. The van der Waals surface area contributed by atoms with E-state index in [-0.39, 0.29) is 21.3 Å². The fraction of sp³-hybridized carbons (Fsp3) is 0.0526. The molecule has 4 aromatic rings. The van der Waals surface area contributed by atoms with E-state index in [4.69, 9.17) is 20.9 Å². The molecule has 2 aromatic carbocycles. The van der Waals surface area contributed by atoms with E-state index in [2.05, 4.69) is 19.2 Å². The van der Waals surface area contributed by atoms with Crippen molar-refractivity contribution in [3.63, 3.8) is 0 Å². The monoisotopic (exact) mass is 473 g/mol. The van der Waals surface area contributed by atoms with Crippen molar-refractivity contribution < 1.29 is 17.7 Å². The van der Waals surface area contributed by atoms with Crippen LogP contribution in [0.2, 0.25) is 5.02 Å². The minimum atomic E-state index is -3.95. The first-order valence-electron chi connectivity index (χ1n) is 8.60. The van der Waals surface area contributed by atoms with Crippen molar-refractivity contribution in [3.05, 3.63) is 65.3 Å². The van der Waals surface area contributed by atoms with Gasteiger partial charge >= 0.3 is 0 Å². The third-order valence-corrected chi connectivity index (χ3v) is 6.45. The molecule has 31 heavy (non-hydrogen) atoms. The van der Waals surface area contributed by atoms with Crippen LogP contribution in [0.1, 0.15) is 11.3 Å². The van der Waals surface area contributed by atoms with Crippen molar-refractivity contribution in [2.75, 3.05) is 4.72 Å². The Hall–Kier alpha value is -3.46. The molecule has 0 unspecified atom stereocenters. The normalized spacial score (nSPS) is 11.1. The summed E-state index contributed by atoms with van der Waals surface area (Å²) >= 11 is 7.03. The number of halogens is 1. The third kappa shape index (κ3) is 4.36. The summed E-state index contributed by atoms with van der Waals surface area (Å²) in [6.07, 6.45) is 2.70. The summed E-state index contributed by atoms with van der Waals surface area (Å²) in [7, 11) is -3.95. The maximum absolute atomic E-state index is 12.6. The van der Waals surface area contributed by atoms with Crippen molar-refractivity contribution >= 4 is 38.3 Å². The molecule has 0 saturated carbocycles. The molecule has 9 nitrogen and oxygen atoms in total. The average Bonchev–Trinajstić information content (AvgIpc) is 3.40. The van der Waals surface area contributed by atoms with E-state index in [1.54, 1.807) is 25.1 Å². The van der Waals surface area contributed by atoms with Gasteiger partial charge in [-0.3, -0.25) is 4.72 Å². The third-order valence-electron chi connectivity index (χ3n) is 4.17. The highest BCUT2D eigenvalue weighted by Crippen LogP contribution is 2.38. The van der Waals surface area contributed by atoms with Gasteiger partial charge in [0, 0.05) is 27.7 Å². The number of nitrogens with one attached hydrogen (secondary N) is 1. The van der Waals surface area contributed by atoms with Gasteiger partial charge < -0.3 is 9.26 Å². The molecule has 0 saturated heterocycles. The number of anilines is 1. The Balaban J connectivity index is 1.70. The molecule has 0 fully saturated rings. The van der Waals surface area contributed by atoms with Gasteiger partial charge in [0.05, 0.1) is 16.2 Å². The molecule has 0 aliphatic carbocycles. The molecule has 4 rings (SSSR count). The Morgan fingerprint density at radius 3 is 2.68 bits per heavy atom. The molecule has 12 heteroatoms. The van der Waals surface area contributed by atoms with Crippen LogP contribution in [0.5, 0.6) is 11.5 Å². The molecule has 2 heterocycles. The second-order valence-electron chi connectivity index (χ2n) is 6.18. The number of aromatic nitrogens is 3. The van der Waals surface area contributed by atoms with Gasteiger partial charge in [-0.1, -0.05) is 16.8 Å². The van der Waals surface area contributed by atoms with E-state index in [1.807, 2.05) is 6.07 Å². The number of hydrogen-bond donors (Lipinski definition) is 1. The Morgan fingerprint density at radius 2 is 2.00 bits per heavy atom. The lowest BCUT2D eigenvalue weighted by Crippen LogP contribution is -2.13. The summed E-state index contributed by atoms with van der Waals surface area (Å²) in [5.41, 5.74) is 1.96. The van der Waals surface area contributed by atoms with E-state index in [1.165, 1.54) is 30.8 Å². The van der Waals surface area contributed by atoms with Crippen LogP contribution in [0.25, 0.3) is 11.1 Å². The molecular weight excluding hydrogens is 462 g/mol. The largest absolute Gasteiger partial charge is 0.455 e. The van der Waals surface area contributed by atoms with Crippen molar-refractivity contribution in [3.8, 4) is 28.7 Å².